The van der Waals surface area contributed by atoms with E-state index in [1.807, 2.05) is 0 Å². The minimum Gasteiger partial charge on any atom is -0.462 e. The number of ether oxygens (including phenoxy) is 4. The zero-order valence-electron chi connectivity index (χ0n) is 63.7. The van der Waals surface area contributed by atoms with Crippen molar-refractivity contribution in [2.75, 3.05) is 39.6 Å². The molecular formula is C79H150O17P2. The number of esters is 4. The zero-order valence-corrected chi connectivity index (χ0v) is 65.5. The van der Waals surface area contributed by atoms with Crippen LogP contribution in [-0.4, -0.2) is 96.7 Å². The van der Waals surface area contributed by atoms with Gasteiger partial charge in [0.05, 0.1) is 26.4 Å². The lowest BCUT2D eigenvalue weighted by Crippen LogP contribution is -2.30. The number of aliphatic hydroxyl groups excluding tert-OH is 1. The van der Waals surface area contributed by atoms with Gasteiger partial charge in [0.1, 0.15) is 19.3 Å². The Morgan fingerprint density at radius 3 is 0.827 bits per heavy atom. The van der Waals surface area contributed by atoms with Crippen molar-refractivity contribution in [1.29, 1.82) is 0 Å². The van der Waals surface area contributed by atoms with Crippen molar-refractivity contribution in [1.82, 2.24) is 0 Å². The normalized spacial score (nSPS) is 14.2. The van der Waals surface area contributed by atoms with Gasteiger partial charge in [0.25, 0.3) is 0 Å². The minimum absolute atomic E-state index is 0.101. The van der Waals surface area contributed by atoms with E-state index in [-0.39, 0.29) is 25.7 Å². The number of allylic oxidation sites excluding steroid dienone is 4. The lowest BCUT2D eigenvalue weighted by atomic mass is 10.0. The van der Waals surface area contributed by atoms with Crippen molar-refractivity contribution in [3.05, 3.63) is 24.3 Å². The Morgan fingerprint density at radius 2 is 0.551 bits per heavy atom. The molecule has 0 aliphatic carbocycles. The van der Waals surface area contributed by atoms with E-state index in [1.54, 1.807) is 0 Å². The molecule has 0 aliphatic rings. The summed E-state index contributed by atoms with van der Waals surface area (Å²) in [6.45, 7) is 11.8. The average molecular weight is 1430 g/mol. The largest absolute Gasteiger partial charge is 0.472 e. The molecule has 0 radical (unpaired) electrons. The second kappa shape index (κ2) is 68.9. The molecule has 19 heteroatoms. The third-order valence-corrected chi connectivity index (χ3v) is 19.7. The summed E-state index contributed by atoms with van der Waals surface area (Å²) in [6.07, 6.45) is 59.3. The van der Waals surface area contributed by atoms with Crippen LogP contribution in [0.3, 0.4) is 0 Å². The monoisotopic (exact) mass is 1430 g/mol. The summed E-state index contributed by atoms with van der Waals surface area (Å²) < 4.78 is 68.5. The fourth-order valence-corrected chi connectivity index (χ4v) is 13.2. The van der Waals surface area contributed by atoms with Crippen LogP contribution in [0.1, 0.15) is 382 Å². The lowest BCUT2D eigenvalue weighted by Gasteiger charge is -2.21. The Labute approximate surface area is 599 Å². The molecule has 0 aromatic rings. The molecule has 5 atom stereocenters. The van der Waals surface area contributed by atoms with Gasteiger partial charge in [-0.15, -0.1) is 0 Å². The van der Waals surface area contributed by atoms with Gasteiger partial charge in [-0.25, -0.2) is 9.13 Å². The van der Waals surface area contributed by atoms with E-state index in [0.717, 1.165) is 121 Å². The van der Waals surface area contributed by atoms with E-state index in [2.05, 4.69) is 72.8 Å². The van der Waals surface area contributed by atoms with Crippen LogP contribution in [0.15, 0.2) is 24.3 Å². The number of unbranched alkanes of at least 4 members (excludes halogenated alkanes) is 40. The highest BCUT2D eigenvalue weighted by Crippen LogP contribution is 2.45. The van der Waals surface area contributed by atoms with Gasteiger partial charge in [-0.2, -0.15) is 0 Å². The van der Waals surface area contributed by atoms with Crippen molar-refractivity contribution in [3.8, 4) is 0 Å². The fourth-order valence-electron chi connectivity index (χ4n) is 11.6. The maximum Gasteiger partial charge on any atom is 0.472 e. The van der Waals surface area contributed by atoms with Crippen LogP contribution in [0, 0.1) is 17.8 Å². The molecule has 0 aliphatic heterocycles. The summed E-state index contributed by atoms with van der Waals surface area (Å²) in [6, 6.07) is 0. The molecule has 0 amide bonds. The highest BCUT2D eigenvalue weighted by atomic mass is 31.2. The standard InChI is InChI=1S/C79H150O17P2/c1-8-9-10-11-12-13-14-15-20-24-27-30-39-46-53-60-76(81)89-66-74(95-78(83)62-55-48-41-31-28-25-22-19-17-16-18-21-23-26-29-36-43-50-57-70(2)3)68-93-97(85,86)91-64-73(80)65-92-98(87,88)94-69-75(96-79(84)63-56-49-42-35-33-38-45-52-59-72(6)7)67-90-77(82)61-54-47-40-34-32-37-44-51-58-71(4)5/h13-15,20,70-75,80H,8-12,16-19,21-69H2,1-7H3,(H,85,86)(H,87,88)/b14-13-,20-15-/t73?,74-,75-/m1/s1. The molecule has 578 valence electrons. The predicted octanol–water partition coefficient (Wildman–Crippen LogP) is 22.9. The maximum atomic E-state index is 13.1. The quantitative estimate of drug-likeness (QED) is 0.0169. The first-order valence-electron chi connectivity index (χ1n) is 40.2. The number of carbonyl (C=O) groups is 4. The molecule has 0 aromatic carbocycles. The van der Waals surface area contributed by atoms with Crippen LogP contribution >= 0.6 is 15.6 Å². The van der Waals surface area contributed by atoms with Gasteiger partial charge in [0.2, 0.25) is 0 Å². The molecule has 0 aromatic heterocycles. The Morgan fingerprint density at radius 1 is 0.316 bits per heavy atom. The molecule has 0 fully saturated rings. The van der Waals surface area contributed by atoms with E-state index in [1.165, 1.54) is 173 Å². The zero-order chi connectivity index (χ0) is 72.3. The summed E-state index contributed by atoms with van der Waals surface area (Å²) in [5.74, 6) is 0.113. The third kappa shape index (κ3) is 71.9. The molecule has 0 heterocycles. The topological polar surface area (TPSA) is 237 Å². The maximum absolute atomic E-state index is 13.1. The second-order valence-corrected chi connectivity index (χ2v) is 32.1. The van der Waals surface area contributed by atoms with Gasteiger partial charge in [-0.3, -0.25) is 37.3 Å². The molecule has 0 saturated carbocycles. The van der Waals surface area contributed by atoms with Crippen LogP contribution in [0.25, 0.3) is 0 Å². The first-order chi connectivity index (χ1) is 47.2. The van der Waals surface area contributed by atoms with Crippen LogP contribution in [0.4, 0.5) is 0 Å². The molecular weight excluding hydrogens is 1280 g/mol. The molecule has 0 saturated heterocycles. The second-order valence-electron chi connectivity index (χ2n) is 29.2. The number of hydrogen-bond acceptors (Lipinski definition) is 15. The van der Waals surface area contributed by atoms with Gasteiger partial charge in [-0.05, 0) is 69.1 Å². The van der Waals surface area contributed by atoms with Crippen LogP contribution < -0.4 is 0 Å². The Balaban J connectivity index is 5.25. The molecule has 3 unspecified atom stereocenters. The van der Waals surface area contributed by atoms with Gasteiger partial charge in [0.15, 0.2) is 12.2 Å². The lowest BCUT2D eigenvalue weighted by molar-refractivity contribution is -0.161. The molecule has 0 rings (SSSR count). The van der Waals surface area contributed by atoms with Crippen LogP contribution in [-0.2, 0) is 65.4 Å². The van der Waals surface area contributed by atoms with E-state index in [9.17, 15) is 43.2 Å². The highest BCUT2D eigenvalue weighted by Gasteiger charge is 2.30. The summed E-state index contributed by atoms with van der Waals surface area (Å²) >= 11 is 0. The summed E-state index contributed by atoms with van der Waals surface area (Å²) in [4.78, 5) is 72.9. The number of carbonyl (C=O) groups excluding carboxylic acids is 4. The summed E-state index contributed by atoms with van der Waals surface area (Å²) in [5.41, 5.74) is 0. The SMILES string of the molecule is CCCCCC/C=C\C=C/CCCCCCCC(=O)OC[C@H](COP(=O)(O)OCC(O)COP(=O)(O)OC[C@@H](COC(=O)CCCCCCCCCCC(C)C)OC(=O)CCCCCCCCCCC(C)C)OC(=O)CCCCCCCCCCCCCCCCCCCCC(C)C. The predicted molar refractivity (Wildman–Crippen MR) is 400 cm³/mol. The molecule has 3 N–H and O–H groups in total. The van der Waals surface area contributed by atoms with Gasteiger partial charge >= 0.3 is 39.5 Å². The van der Waals surface area contributed by atoms with E-state index in [4.69, 9.17) is 37.0 Å². The highest BCUT2D eigenvalue weighted by molar-refractivity contribution is 7.47. The van der Waals surface area contributed by atoms with E-state index >= 15 is 0 Å². The molecule has 17 nitrogen and oxygen atoms in total. The summed E-state index contributed by atoms with van der Waals surface area (Å²) in [5, 5.41) is 10.6. The molecule has 98 heavy (non-hydrogen) atoms. The average Bonchev–Trinajstić information content (AvgIpc) is 1.01. The van der Waals surface area contributed by atoms with Crippen molar-refractivity contribution >= 4 is 39.5 Å². The van der Waals surface area contributed by atoms with Crippen LogP contribution in [0.2, 0.25) is 0 Å². The van der Waals surface area contributed by atoms with Crippen molar-refractivity contribution in [2.45, 2.75) is 401 Å². The number of hydrogen-bond donors (Lipinski definition) is 3. The smallest absolute Gasteiger partial charge is 0.462 e. The van der Waals surface area contributed by atoms with E-state index in [0.29, 0.717) is 31.6 Å². The Kier molecular flexibility index (Phi) is 67.2. The van der Waals surface area contributed by atoms with Gasteiger partial charge in [0, 0.05) is 25.7 Å². The number of phosphoric acid groups is 2. The number of phosphoric ester groups is 2. The van der Waals surface area contributed by atoms with Crippen LogP contribution in [0.5, 0.6) is 0 Å². The summed E-state index contributed by atoms with van der Waals surface area (Å²) in [7, 11) is -9.93. The Bertz CT molecular complexity index is 2000. The van der Waals surface area contributed by atoms with Gasteiger partial charge in [-0.1, -0.05) is 330 Å². The Hall–Kier alpha value is -2.46. The first-order valence-corrected chi connectivity index (χ1v) is 43.2. The fraction of sp³-hybridized carbons (Fsp3) is 0.899. The first kappa shape index (κ1) is 95.5. The van der Waals surface area contributed by atoms with Crippen molar-refractivity contribution in [3.63, 3.8) is 0 Å². The minimum atomic E-state index is -4.97. The number of rotatable bonds is 75. The van der Waals surface area contributed by atoms with Crippen molar-refractivity contribution in [2.24, 2.45) is 17.8 Å². The van der Waals surface area contributed by atoms with E-state index < -0.39 is 97.5 Å². The molecule has 0 spiro atoms. The third-order valence-electron chi connectivity index (χ3n) is 17.8. The van der Waals surface area contributed by atoms with Gasteiger partial charge < -0.3 is 33.8 Å². The number of aliphatic hydroxyl groups is 1. The molecule has 0 bridgehead atoms. The van der Waals surface area contributed by atoms with Crippen molar-refractivity contribution < 1.29 is 80.2 Å².